The van der Waals surface area contributed by atoms with E-state index in [0.717, 1.165) is 48.8 Å². The van der Waals surface area contributed by atoms with E-state index in [4.69, 9.17) is 9.47 Å². The summed E-state index contributed by atoms with van der Waals surface area (Å²) in [7, 11) is 0. The molecule has 108 valence electrons. The van der Waals surface area contributed by atoms with Crippen molar-refractivity contribution in [1.29, 1.82) is 0 Å². The van der Waals surface area contributed by atoms with Crippen LogP contribution in [0.15, 0.2) is 22.7 Å². The van der Waals surface area contributed by atoms with Crippen molar-refractivity contribution >= 4 is 22.2 Å². The molecule has 1 aliphatic heterocycles. The number of halogens is 1. The van der Waals surface area contributed by atoms with E-state index in [9.17, 15) is 4.79 Å². The molecule has 1 spiro atoms. The van der Waals surface area contributed by atoms with Crippen LogP contribution in [0.4, 0.5) is 0 Å². The van der Waals surface area contributed by atoms with E-state index >= 15 is 0 Å². The van der Waals surface area contributed by atoms with E-state index in [2.05, 4.69) is 15.9 Å². The second-order valence-corrected chi connectivity index (χ2v) is 6.63. The average molecular weight is 339 g/mol. The normalized spacial score (nSPS) is 24.8. The highest BCUT2D eigenvalue weighted by molar-refractivity contribution is 9.10. The third-order valence-electron chi connectivity index (χ3n) is 4.36. The summed E-state index contributed by atoms with van der Waals surface area (Å²) in [6.07, 6.45) is 7.79. The lowest BCUT2D eigenvalue weighted by Gasteiger charge is -2.38. The Balaban J connectivity index is 1.69. The predicted molar refractivity (Wildman–Crippen MR) is 80.3 cm³/mol. The number of rotatable bonds is 3. The molecular formula is C16H19BrO3. The third-order valence-corrected chi connectivity index (χ3v) is 5.08. The second kappa shape index (κ2) is 5.86. The van der Waals surface area contributed by atoms with Crippen LogP contribution in [-0.2, 0) is 4.74 Å². The Bertz CT molecular complexity index is 494. The molecule has 1 aromatic carbocycles. The van der Waals surface area contributed by atoms with Gasteiger partial charge in [-0.3, -0.25) is 4.79 Å². The van der Waals surface area contributed by atoms with Gasteiger partial charge in [-0.05, 0) is 31.0 Å². The van der Waals surface area contributed by atoms with Crippen LogP contribution < -0.4 is 4.74 Å². The Morgan fingerprint density at radius 3 is 2.90 bits per heavy atom. The summed E-state index contributed by atoms with van der Waals surface area (Å²) in [6, 6.07) is 5.57. The average Bonchev–Trinajstić information content (AvgIpc) is 2.89. The maximum absolute atomic E-state index is 11.0. The summed E-state index contributed by atoms with van der Waals surface area (Å²) in [5, 5.41) is 0. The summed E-state index contributed by atoms with van der Waals surface area (Å²) in [4.78, 5) is 11.0. The fourth-order valence-corrected chi connectivity index (χ4v) is 3.67. The highest BCUT2D eigenvalue weighted by Crippen LogP contribution is 2.41. The second-order valence-electron chi connectivity index (χ2n) is 5.77. The van der Waals surface area contributed by atoms with Crippen molar-refractivity contribution in [2.24, 2.45) is 0 Å². The molecule has 1 saturated heterocycles. The molecule has 2 aliphatic rings. The summed E-state index contributed by atoms with van der Waals surface area (Å²) in [6.45, 7) is 0.779. The van der Waals surface area contributed by atoms with Crippen LogP contribution >= 0.6 is 15.9 Å². The van der Waals surface area contributed by atoms with E-state index in [1.165, 1.54) is 12.8 Å². The lowest BCUT2D eigenvalue weighted by atomic mass is 9.90. The van der Waals surface area contributed by atoms with Gasteiger partial charge in [0.15, 0.2) is 6.29 Å². The summed E-state index contributed by atoms with van der Waals surface area (Å²) in [5.41, 5.74) is 0.691. The van der Waals surface area contributed by atoms with Crippen molar-refractivity contribution in [2.75, 3.05) is 6.61 Å². The zero-order valence-corrected chi connectivity index (χ0v) is 13.0. The smallest absolute Gasteiger partial charge is 0.151 e. The van der Waals surface area contributed by atoms with Gasteiger partial charge in [-0.15, -0.1) is 0 Å². The molecule has 0 amide bonds. The molecule has 20 heavy (non-hydrogen) atoms. The Morgan fingerprint density at radius 2 is 2.15 bits per heavy atom. The molecule has 0 bridgehead atoms. The van der Waals surface area contributed by atoms with Gasteiger partial charge in [0.2, 0.25) is 0 Å². The molecule has 0 aromatic heterocycles. The van der Waals surface area contributed by atoms with Gasteiger partial charge in [0, 0.05) is 22.9 Å². The first-order chi connectivity index (χ1) is 9.71. The molecule has 3 rings (SSSR count). The lowest BCUT2D eigenvalue weighted by molar-refractivity contribution is -0.108. The van der Waals surface area contributed by atoms with E-state index in [1.54, 1.807) is 6.07 Å². The molecule has 1 aliphatic carbocycles. The van der Waals surface area contributed by atoms with Crippen molar-refractivity contribution in [3.8, 4) is 5.75 Å². The Kier molecular flexibility index (Phi) is 4.13. The molecule has 1 heterocycles. The van der Waals surface area contributed by atoms with Crippen molar-refractivity contribution in [3.05, 3.63) is 28.2 Å². The summed E-state index contributed by atoms with van der Waals surface area (Å²) in [5.74, 6) is 0.773. The van der Waals surface area contributed by atoms with Crippen molar-refractivity contribution in [3.63, 3.8) is 0 Å². The molecule has 1 saturated carbocycles. The van der Waals surface area contributed by atoms with Crippen LogP contribution in [0.25, 0.3) is 0 Å². The number of aldehydes is 1. The van der Waals surface area contributed by atoms with Crippen molar-refractivity contribution in [2.45, 2.75) is 50.2 Å². The van der Waals surface area contributed by atoms with E-state index in [0.29, 0.717) is 5.56 Å². The number of carbonyl (C=O) groups excluding carboxylic acids is 1. The lowest BCUT2D eigenvalue weighted by Crippen LogP contribution is -2.41. The van der Waals surface area contributed by atoms with Crippen LogP contribution in [0, 0.1) is 0 Å². The van der Waals surface area contributed by atoms with E-state index in [-0.39, 0.29) is 11.7 Å². The Morgan fingerprint density at radius 1 is 1.35 bits per heavy atom. The summed E-state index contributed by atoms with van der Waals surface area (Å²) >= 11 is 3.36. The fourth-order valence-electron chi connectivity index (χ4n) is 3.33. The highest BCUT2D eigenvalue weighted by Gasteiger charge is 2.40. The quantitative estimate of drug-likeness (QED) is 0.777. The predicted octanol–water partition coefficient (Wildman–Crippen LogP) is 4.13. The molecular weight excluding hydrogens is 320 g/mol. The zero-order chi connectivity index (χ0) is 14.0. The third kappa shape index (κ3) is 2.91. The largest absolute Gasteiger partial charge is 0.490 e. The van der Waals surface area contributed by atoms with Gasteiger partial charge in [0.25, 0.3) is 0 Å². The Hall–Kier alpha value is -0.870. The zero-order valence-electron chi connectivity index (χ0n) is 11.4. The minimum atomic E-state index is 0.0613. The first-order valence-corrected chi connectivity index (χ1v) is 8.05. The van der Waals surface area contributed by atoms with Gasteiger partial charge in [0.05, 0.1) is 12.2 Å². The van der Waals surface area contributed by atoms with Crippen LogP contribution in [0.2, 0.25) is 0 Å². The topological polar surface area (TPSA) is 35.5 Å². The molecule has 1 unspecified atom stereocenters. The Labute approximate surface area is 127 Å². The monoisotopic (exact) mass is 338 g/mol. The number of carbonyl (C=O) groups is 1. The molecule has 1 aromatic rings. The minimum Gasteiger partial charge on any atom is -0.490 e. The number of hydrogen-bond donors (Lipinski definition) is 0. The SMILES string of the molecule is O=Cc1cc(OC2CCOC3(CCCC3)C2)ccc1Br. The van der Waals surface area contributed by atoms with Gasteiger partial charge in [-0.2, -0.15) is 0 Å². The van der Waals surface area contributed by atoms with Gasteiger partial charge in [-0.25, -0.2) is 0 Å². The minimum absolute atomic E-state index is 0.0613. The maximum atomic E-state index is 11.0. The van der Waals surface area contributed by atoms with Gasteiger partial charge < -0.3 is 9.47 Å². The van der Waals surface area contributed by atoms with Gasteiger partial charge >= 0.3 is 0 Å². The first-order valence-electron chi connectivity index (χ1n) is 7.26. The van der Waals surface area contributed by atoms with Gasteiger partial charge in [0.1, 0.15) is 11.9 Å². The molecule has 2 fully saturated rings. The standard InChI is InChI=1S/C16H19BrO3/c17-15-4-3-13(9-12(15)11-18)20-14-5-8-19-16(10-14)6-1-2-7-16/h3-4,9,11,14H,1-2,5-8,10H2. The number of hydrogen-bond acceptors (Lipinski definition) is 3. The van der Waals surface area contributed by atoms with Crippen LogP contribution in [0.1, 0.15) is 48.9 Å². The maximum Gasteiger partial charge on any atom is 0.151 e. The van der Waals surface area contributed by atoms with Crippen molar-refractivity contribution < 1.29 is 14.3 Å². The van der Waals surface area contributed by atoms with E-state index in [1.807, 2.05) is 12.1 Å². The highest BCUT2D eigenvalue weighted by atomic mass is 79.9. The van der Waals surface area contributed by atoms with Crippen molar-refractivity contribution in [1.82, 2.24) is 0 Å². The molecule has 1 atom stereocenters. The summed E-state index contributed by atoms with van der Waals surface area (Å²) < 4.78 is 12.9. The van der Waals surface area contributed by atoms with Crippen LogP contribution in [0.5, 0.6) is 5.75 Å². The molecule has 0 radical (unpaired) electrons. The van der Waals surface area contributed by atoms with Crippen LogP contribution in [-0.4, -0.2) is 24.6 Å². The molecule has 0 N–H and O–H groups in total. The fraction of sp³-hybridized carbons (Fsp3) is 0.562. The number of ether oxygens (including phenoxy) is 2. The number of benzene rings is 1. The van der Waals surface area contributed by atoms with Crippen LogP contribution in [0.3, 0.4) is 0 Å². The molecule has 3 nitrogen and oxygen atoms in total. The van der Waals surface area contributed by atoms with Gasteiger partial charge in [-0.1, -0.05) is 28.8 Å². The first kappa shape index (κ1) is 14.1. The molecule has 4 heteroatoms. The van der Waals surface area contributed by atoms with E-state index < -0.39 is 0 Å².